The van der Waals surface area contributed by atoms with Crippen LogP contribution in [0.3, 0.4) is 0 Å². The van der Waals surface area contributed by atoms with Gasteiger partial charge in [-0.05, 0) is 43.7 Å². The number of amides is 2. The number of rotatable bonds is 6. The van der Waals surface area contributed by atoms with Gasteiger partial charge in [-0.1, -0.05) is 18.9 Å². The lowest BCUT2D eigenvalue weighted by Gasteiger charge is -2.40. The van der Waals surface area contributed by atoms with Gasteiger partial charge in [-0.15, -0.1) is 0 Å². The average Bonchev–Trinajstić information content (AvgIpc) is 3.43. The van der Waals surface area contributed by atoms with E-state index in [9.17, 15) is 9.59 Å². The summed E-state index contributed by atoms with van der Waals surface area (Å²) < 4.78 is 0. The van der Waals surface area contributed by atoms with Gasteiger partial charge in [0.05, 0.1) is 18.3 Å². The molecule has 0 radical (unpaired) electrons. The Balaban J connectivity index is 1.37. The maximum absolute atomic E-state index is 13.1. The monoisotopic (exact) mass is 370 g/mol. The summed E-state index contributed by atoms with van der Waals surface area (Å²) in [6, 6.07) is 5.69. The maximum atomic E-state index is 13.1. The second-order valence-corrected chi connectivity index (χ2v) is 8.16. The summed E-state index contributed by atoms with van der Waals surface area (Å²) >= 11 is 0. The SMILES string of the molecule is O=C(NCc1ccccn1)[C@H](C1CCCC1)N1CCN(C(=O)C2CC2)CC1. The molecular weight excluding hydrogens is 340 g/mol. The topological polar surface area (TPSA) is 65.5 Å². The van der Waals surface area contributed by atoms with Crippen molar-refractivity contribution in [2.45, 2.75) is 51.1 Å². The summed E-state index contributed by atoms with van der Waals surface area (Å²) in [6.07, 6.45) is 8.56. The summed E-state index contributed by atoms with van der Waals surface area (Å²) in [4.78, 5) is 34.0. The zero-order chi connectivity index (χ0) is 18.6. The molecule has 1 aromatic rings. The molecule has 27 heavy (non-hydrogen) atoms. The minimum atomic E-state index is -0.0746. The van der Waals surface area contributed by atoms with Crippen LogP contribution in [0.1, 0.15) is 44.2 Å². The number of hydrogen-bond acceptors (Lipinski definition) is 4. The van der Waals surface area contributed by atoms with Crippen molar-refractivity contribution in [2.24, 2.45) is 11.8 Å². The van der Waals surface area contributed by atoms with Gasteiger partial charge in [0, 0.05) is 38.3 Å². The molecule has 146 valence electrons. The van der Waals surface area contributed by atoms with E-state index in [0.717, 1.165) is 57.6 Å². The Kier molecular flexibility index (Phi) is 5.72. The highest BCUT2D eigenvalue weighted by atomic mass is 16.2. The van der Waals surface area contributed by atoms with E-state index in [4.69, 9.17) is 0 Å². The van der Waals surface area contributed by atoms with Crippen LogP contribution >= 0.6 is 0 Å². The second-order valence-electron chi connectivity index (χ2n) is 8.16. The predicted molar refractivity (Wildman–Crippen MR) is 103 cm³/mol. The predicted octanol–water partition coefficient (Wildman–Crippen LogP) is 1.81. The molecule has 4 rings (SSSR count). The van der Waals surface area contributed by atoms with Gasteiger partial charge in [-0.25, -0.2) is 0 Å². The zero-order valence-corrected chi connectivity index (χ0v) is 16.0. The molecule has 0 aromatic carbocycles. The summed E-state index contributed by atoms with van der Waals surface area (Å²) in [5.41, 5.74) is 0.885. The van der Waals surface area contributed by atoms with Gasteiger partial charge in [0.1, 0.15) is 0 Å². The number of carbonyl (C=O) groups excluding carboxylic acids is 2. The number of nitrogens with zero attached hydrogens (tertiary/aromatic N) is 3. The van der Waals surface area contributed by atoms with Gasteiger partial charge in [0.15, 0.2) is 0 Å². The Labute approximate surface area is 161 Å². The highest BCUT2D eigenvalue weighted by Crippen LogP contribution is 2.33. The summed E-state index contributed by atoms with van der Waals surface area (Å²) in [5, 5.41) is 3.11. The van der Waals surface area contributed by atoms with Crippen molar-refractivity contribution in [3.05, 3.63) is 30.1 Å². The minimum Gasteiger partial charge on any atom is -0.349 e. The van der Waals surface area contributed by atoms with E-state index in [0.29, 0.717) is 18.4 Å². The third-order valence-corrected chi connectivity index (χ3v) is 6.23. The first kappa shape index (κ1) is 18.4. The van der Waals surface area contributed by atoms with Crippen molar-refractivity contribution in [3.8, 4) is 0 Å². The zero-order valence-electron chi connectivity index (χ0n) is 16.0. The fraction of sp³-hybridized carbons (Fsp3) is 0.667. The normalized spacial score (nSPS) is 22.6. The van der Waals surface area contributed by atoms with Crippen molar-refractivity contribution in [1.29, 1.82) is 0 Å². The average molecular weight is 370 g/mol. The quantitative estimate of drug-likeness (QED) is 0.829. The first-order valence-electron chi connectivity index (χ1n) is 10.4. The molecular formula is C21H30N4O2. The maximum Gasteiger partial charge on any atom is 0.237 e. The number of aromatic nitrogens is 1. The molecule has 6 heteroatoms. The van der Waals surface area contributed by atoms with Crippen LogP contribution < -0.4 is 5.32 Å². The fourth-order valence-corrected chi connectivity index (χ4v) is 4.55. The van der Waals surface area contributed by atoms with E-state index in [-0.39, 0.29) is 17.9 Å². The number of piperazine rings is 1. The van der Waals surface area contributed by atoms with E-state index in [1.54, 1.807) is 6.20 Å². The molecule has 1 aliphatic heterocycles. The molecule has 2 saturated carbocycles. The molecule has 0 bridgehead atoms. The molecule has 1 aromatic heterocycles. The Morgan fingerprint density at radius 3 is 2.44 bits per heavy atom. The Hall–Kier alpha value is -1.95. The van der Waals surface area contributed by atoms with Gasteiger partial charge in [0.2, 0.25) is 11.8 Å². The summed E-state index contributed by atoms with van der Waals surface area (Å²) in [6.45, 7) is 3.59. The van der Waals surface area contributed by atoms with E-state index < -0.39 is 0 Å². The van der Waals surface area contributed by atoms with Crippen molar-refractivity contribution in [1.82, 2.24) is 20.1 Å². The van der Waals surface area contributed by atoms with E-state index in [1.807, 2.05) is 23.1 Å². The molecule has 1 N–H and O–H groups in total. The van der Waals surface area contributed by atoms with Crippen LogP contribution in [0, 0.1) is 11.8 Å². The van der Waals surface area contributed by atoms with Crippen LogP contribution in [0.2, 0.25) is 0 Å². The van der Waals surface area contributed by atoms with Crippen molar-refractivity contribution in [3.63, 3.8) is 0 Å². The first-order chi connectivity index (χ1) is 13.2. The third-order valence-electron chi connectivity index (χ3n) is 6.23. The van der Waals surface area contributed by atoms with Gasteiger partial charge in [-0.3, -0.25) is 19.5 Å². The lowest BCUT2D eigenvalue weighted by atomic mass is 9.95. The lowest BCUT2D eigenvalue weighted by Crippen LogP contribution is -2.58. The molecule has 6 nitrogen and oxygen atoms in total. The van der Waals surface area contributed by atoms with Crippen molar-refractivity contribution in [2.75, 3.05) is 26.2 Å². The van der Waals surface area contributed by atoms with Crippen LogP contribution in [0.25, 0.3) is 0 Å². The Morgan fingerprint density at radius 2 is 1.81 bits per heavy atom. The van der Waals surface area contributed by atoms with Crippen molar-refractivity contribution < 1.29 is 9.59 Å². The first-order valence-corrected chi connectivity index (χ1v) is 10.4. The van der Waals surface area contributed by atoms with Gasteiger partial charge in [-0.2, -0.15) is 0 Å². The van der Waals surface area contributed by atoms with Crippen LogP contribution in [0.4, 0.5) is 0 Å². The number of nitrogens with one attached hydrogen (secondary N) is 1. The molecule has 3 fully saturated rings. The fourth-order valence-electron chi connectivity index (χ4n) is 4.55. The van der Waals surface area contributed by atoms with Crippen LogP contribution in [-0.2, 0) is 16.1 Å². The molecule has 0 spiro atoms. The second kappa shape index (κ2) is 8.38. The number of hydrogen-bond donors (Lipinski definition) is 1. The summed E-state index contributed by atoms with van der Waals surface area (Å²) in [7, 11) is 0. The largest absolute Gasteiger partial charge is 0.349 e. The van der Waals surface area contributed by atoms with E-state index >= 15 is 0 Å². The minimum absolute atomic E-state index is 0.0746. The van der Waals surface area contributed by atoms with Crippen LogP contribution in [0.5, 0.6) is 0 Å². The number of pyridine rings is 1. The van der Waals surface area contributed by atoms with Gasteiger partial charge >= 0.3 is 0 Å². The molecule has 1 atom stereocenters. The Bertz CT molecular complexity index is 647. The van der Waals surface area contributed by atoms with Crippen LogP contribution in [-0.4, -0.2) is 58.8 Å². The van der Waals surface area contributed by atoms with Crippen molar-refractivity contribution >= 4 is 11.8 Å². The molecule has 3 aliphatic rings. The van der Waals surface area contributed by atoms with E-state index in [1.165, 1.54) is 12.8 Å². The molecule has 2 amide bonds. The van der Waals surface area contributed by atoms with E-state index in [2.05, 4.69) is 15.2 Å². The highest BCUT2D eigenvalue weighted by molar-refractivity contribution is 5.82. The summed E-state index contributed by atoms with van der Waals surface area (Å²) in [5.74, 6) is 1.16. The smallest absolute Gasteiger partial charge is 0.237 e. The Morgan fingerprint density at radius 1 is 1.07 bits per heavy atom. The number of carbonyl (C=O) groups is 2. The molecule has 2 aliphatic carbocycles. The molecule has 1 saturated heterocycles. The third kappa shape index (κ3) is 4.49. The van der Waals surface area contributed by atoms with Crippen LogP contribution in [0.15, 0.2) is 24.4 Å². The standard InChI is InChI=1S/C21H30N4O2/c26-20(23-15-18-7-3-4-10-22-18)19(16-5-1-2-6-16)24-11-13-25(14-12-24)21(27)17-8-9-17/h3-4,7,10,16-17,19H,1-2,5-6,8-9,11-15H2,(H,23,26)/t19-/m0/s1. The lowest BCUT2D eigenvalue weighted by molar-refractivity contribution is -0.136. The van der Waals surface area contributed by atoms with Gasteiger partial charge in [0.25, 0.3) is 0 Å². The molecule has 0 unspecified atom stereocenters. The highest BCUT2D eigenvalue weighted by Gasteiger charge is 2.39. The molecule has 2 heterocycles. The van der Waals surface area contributed by atoms with Gasteiger partial charge < -0.3 is 10.2 Å².